The summed E-state index contributed by atoms with van der Waals surface area (Å²) in [6.07, 6.45) is 0.850. The maximum atomic E-state index is 11.3. The van der Waals surface area contributed by atoms with Crippen molar-refractivity contribution in [3.8, 4) is 0 Å². The number of aryl methyl sites for hydroxylation is 1. The SMILES string of the molecule is Cc1cccc(N2CCOC3(CCOC3)C2)c1[N+](=O)[O-]. The summed E-state index contributed by atoms with van der Waals surface area (Å²) in [5.74, 6) is 0. The zero-order valence-corrected chi connectivity index (χ0v) is 11.5. The Labute approximate surface area is 117 Å². The van der Waals surface area contributed by atoms with Gasteiger partial charge >= 0.3 is 0 Å². The smallest absolute Gasteiger partial charge is 0.295 e. The molecule has 0 N–H and O–H groups in total. The first-order valence-electron chi connectivity index (χ1n) is 6.82. The number of benzene rings is 1. The predicted octanol–water partition coefficient (Wildman–Crippen LogP) is 1.90. The minimum atomic E-state index is -0.296. The first-order valence-corrected chi connectivity index (χ1v) is 6.82. The molecule has 6 nitrogen and oxygen atoms in total. The minimum Gasteiger partial charge on any atom is -0.378 e. The van der Waals surface area contributed by atoms with Crippen LogP contribution in [0.15, 0.2) is 18.2 Å². The molecule has 3 rings (SSSR count). The van der Waals surface area contributed by atoms with Gasteiger partial charge in [0.15, 0.2) is 0 Å². The number of para-hydroxylation sites is 1. The van der Waals surface area contributed by atoms with Crippen molar-refractivity contribution >= 4 is 11.4 Å². The van der Waals surface area contributed by atoms with Crippen molar-refractivity contribution in [2.45, 2.75) is 18.9 Å². The van der Waals surface area contributed by atoms with Crippen molar-refractivity contribution < 1.29 is 14.4 Å². The molecule has 1 unspecified atom stereocenters. The molecular weight excluding hydrogens is 260 g/mol. The molecule has 108 valence electrons. The average molecular weight is 278 g/mol. The number of rotatable bonds is 2. The van der Waals surface area contributed by atoms with E-state index < -0.39 is 0 Å². The molecule has 1 aromatic rings. The number of hydrogen-bond donors (Lipinski definition) is 0. The molecule has 0 aliphatic carbocycles. The summed E-state index contributed by atoms with van der Waals surface area (Å²) in [6.45, 7) is 4.95. The fourth-order valence-corrected chi connectivity index (χ4v) is 3.01. The Morgan fingerprint density at radius 2 is 2.25 bits per heavy atom. The number of nitro groups is 1. The summed E-state index contributed by atoms with van der Waals surface area (Å²) >= 11 is 0. The summed E-state index contributed by atoms with van der Waals surface area (Å²) in [5, 5.41) is 11.3. The highest BCUT2D eigenvalue weighted by Crippen LogP contribution is 2.36. The molecule has 2 saturated heterocycles. The third-order valence-corrected chi connectivity index (χ3v) is 4.06. The Bertz CT molecular complexity index is 526. The van der Waals surface area contributed by atoms with Gasteiger partial charge in [-0.3, -0.25) is 10.1 Å². The van der Waals surface area contributed by atoms with Gasteiger partial charge in [0.1, 0.15) is 11.3 Å². The summed E-state index contributed by atoms with van der Waals surface area (Å²) < 4.78 is 11.3. The van der Waals surface area contributed by atoms with E-state index in [1.54, 1.807) is 13.0 Å². The molecule has 6 heteroatoms. The van der Waals surface area contributed by atoms with Crippen LogP contribution in [0, 0.1) is 17.0 Å². The Kier molecular flexibility index (Phi) is 3.35. The van der Waals surface area contributed by atoms with Crippen molar-refractivity contribution in [3.05, 3.63) is 33.9 Å². The second-order valence-corrected chi connectivity index (χ2v) is 5.46. The lowest BCUT2D eigenvalue weighted by molar-refractivity contribution is -0.384. The molecule has 2 aliphatic rings. The van der Waals surface area contributed by atoms with Gasteiger partial charge in [0, 0.05) is 31.7 Å². The van der Waals surface area contributed by atoms with Gasteiger partial charge in [-0.25, -0.2) is 0 Å². The summed E-state index contributed by atoms with van der Waals surface area (Å²) in [6, 6.07) is 5.46. The van der Waals surface area contributed by atoms with Crippen LogP contribution in [-0.2, 0) is 9.47 Å². The van der Waals surface area contributed by atoms with Crippen LogP contribution in [0.3, 0.4) is 0 Å². The molecular formula is C14H18N2O4. The van der Waals surface area contributed by atoms with Crippen LogP contribution in [0.2, 0.25) is 0 Å². The number of nitrogens with zero attached hydrogens (tertiary/aromatic N) is 2. The average Bonchev–Trinajstić information content (AvgIpc) is 2.86. The van der Waals surface area contributed by atoms with Crippen LogP contribution in [0.5, 0.6) is 0 Å². The topological polar surface area (TPSA) is 64.8 Å². The van der Waals surface area contributed by atoms with E-state index in [1.165, 1.54) is 0 Å². The highest BCUT2D eigenvalue weighted by molar-refractivity contribution is 5.67. The van der Waals surface area contributed by atoms with Crippen molar-refractivity contribution in [2.24, 2.45) is 0 Å². The third kappa shape index (κ3) is 2.25. The third-order valence-electron chi connectivity index (χ3n) is 4.06. The van der Waals surface area contributed by atoms with Gasteiger partial charge in [0.05, 0.1) is 18.1 Å². The van der Waals surface area contributed by atoms with Crippen LogP contribution < -0.4 is 4.90 Å². The van der Waals surface area contributed by atoms with Crippen LogP contribution in [0.4, 0.5) is 11.4 Å². The lowest BCUT2D eigenvalue weighted by Crippen LogP contribution is -2.52. The fraction of sp³-hybridized carbons (Fsp3) is 0.571. The van der Waals surface area contributed by atoms with Crippen LogP contribution in [0.25, 0.3) is 0 Å². The first-order chi connectivity index (χ1) is 9.61. The van der Waals surface area contributed by atoms with Crippen molar-refractivity contribution in [1.82, 2.24) is 0 Å². The van der Waals surface area contributed by atoms with Crippen molar-refractivity contribution in [3.63, 3.8) is 0 Å². The molecule has 1 spiro atoms. The normalized spacial score (nSPS) is 26.1. The molecule has 0 saturated carbocycles. The predicted molar refractivity (Wildman–Crippen MR) is 74.2 cm³/mol. The van der Waals surface area contributed by atoms with Gasteiger partial charge in [0.25, 0.3) is 5.69 Å². The second-order valence-electron chi connectivity index (χ2n) is 5.46. The molecule has 1 aromatic carbocycles. The van der Waals surface area contributed by atoms with Crippen LogP contribution in [-0.4, -0.2) is 43.4 Å². The van der Waals surface area contributed by atoms with Gasteiger partial charge in [0.2, 0.25) is 0 Å². The lowest BCUT2D eigenvalue weighted by Gasteiger charge is -2.40. The van der Waals surface area contributed by atoms with Crippen LogP contribution >= 0.6 is 0 Å². The van der Waals surface area contributed by atoms with E-state index in [-0.39, 0.29) is 16.2 Å². The van der Waals surface area contributed by atoms with E-state index in [2.05, 4.69) is 4.90 Å². The lowest BCUT2D eigenvalue weighted by atomic mass is 10.00. The molecule has 0 radical (unpaired) electrons. The highest BCUT2D eigenvalue weighted by Gasteiger charge is 2.41. The molecule has 2 fully saturated rings. The number of morpholine rings is 1. The van der Waals surface area contributed by atoms with Gasteiger partial charge in [-0.1, -0.05) is 12.1 Å². The van der Waals surface area contributed by atoms with E-state index in [0.29, 0.717) is 44.2 Å². The minimum absolute atomic E-state index is 0.198. The largest absolute Gasteiger partial charge is 0.378 e. The summed E-state index contributed by atoms with van der Waals surface area (Å²) in [4.78, 5) is 13.1. The van der Waals surface area contributed by atoms with Crippen molar-refractivity contribution in [1.29, 1.82) is 0 Å². The maximum Gasteiger partial charge on any atom is 0.295 e. The van der Waals surface area contributed by atoms with Gasteiger partial charge in [-0.05, 0) is 13.0 Å². The van der Waals surface area contributed by atoms with E-state index in [1.807, 2.05) is 12.1 Å². The van der Waals surface area contributed by atoms with E-state index in [9.17, 15) is 10.1 Å². The zero-order valence-electron chi connectivity index (χ0n) is 11.5. The van der Waals surface area contributed by atoms with Gasteiger partial charge in [-0.2, -0.15) is 0 Å². The maximum absolute atomic E-state index is 11.3. The number of anilines is 1. The highest BCUT2D eigenvalue weighted by atomic mass is 16.6. The molecule has 20 heavy (non-hydrogen) atoms. The standard InChI is InChI=1S/C14H18N2O4/c1-11-3-2-4-12(13(11)16(17)18)15-6-8-20-14(9-15)5-7-19-10-14/h2-4H,5-10H2,1H3. The summed E-state index contributed by atoms with van der Waals surface area (Å²) in [7, 11) is 0. The van der Waals surface area contributed by atoms with Crippen molar-refractivity contribution in [2.75, 3.05) is 37.8 Å². The van der Waals surface area contributed by atoms with E-state index in [4.69, 9.17) is 9.47 Å². The van der Waals surface area contributed by atoms with E-state index in [0.717, 1.165) is 6.42 Å². The Morgan fingerprint density at radius 1 is 1.40 bits per heavy atom. The molecule has 0 amide bonds. The quantitative estimate of drug-likeness (QED) is 0.610. The summed E-state index contributed by atoms with van der Waals surface area (Å²) in [5.41, 5.74) is 1.28. The number of nitro benzene ring substituents is 1. The molecule has 1 atom stereocenters. The zero-order chi connectivity index (χ0) is 14.2. The number of ether oxygens (including phenoxy) is 2. The molecule has 0 bridgehead atoms. The monoisotopic (exact) mass is 278 g/mol. The molecule has 0 aromatic heterocycles. The molecule has 2 aliphatic heterocycles. The Morgan fingerprint density at radius 3 is 2.95 bits per heavy atom. The Hall–Kier alpha value is -1.66. The van der Waals surface area contributed by atoms with Crippen LogP contribution in [0.1, 0.15) is 12.0 Å². The second kappa shape index (κ2) is 5.03. The van der Waals surface area contributed by atoms with Gasteiger partial charge in [-0.15, -0.1) is 0 Å². The van der Waals surface area contributed by atoms with E-state index >= 15 is 0 Å². The first kappa shape index (κ1) is 13.3. The number of hydrogen-bond acceptors (Lipinski definition) is 5. The molecule has 2 heterocycles. The van der Waals surface area contributed by atoms with Gasteiger partial charge < -0.3 is 14.4 Å². The Balaban J connectivity index is 1.93. The fourth-order valence-electron chi connectivity index (χ4n) is 3.01.